The number of likely N-dealkylation sites (tertiary alicyclic amines) is 1. The SMILES string of the molecule is CCc1ccccc1NC(=O)N1CCC[C@@H]1c1nnc(C(=O)Nc2ccc(C)cc2)s1. The summed E-state index contributed by atoms with van der Waals surface area (Å²) in [4.78, 5) is 27.3. The first-order valence-electron chi connectivity index (χ1n) is 10.4. The molecule has 1 saturated heterocycles. The lowest BCUT2D eigenvalue weighted by Gasteiger charge is -2.23. The summed E-state index contributed by atoms with van der Waals surface area (Å²) in [6.07, 6.45) is 2.53. The van der Waals surface area contributed by atoms with Crippen LogP contribution in [0.25, 0.3) is 0 Å². The van der Waals surface area contributed by atoms with Gasteiger partial charge in [-0.25, -0.2) is 4.79 Å². The maximum atomic E-state index is 13.0. The fourth-order valence-corrected chi connectivity index (χ4v) is 4.57. The molecule has 2 N–H and O–H groups in total. The molecule has 0 aliphatic carbocycles. The van der Waals surface area contributed by atoms with Crippen molar-refractivity contribution in [2.24, 2.45) is 0 Å². The third-order valence-electron chi connectivity index (χ3n) is 5.38. The van der Waals surface area contributed by atoms with Gasteiger partial charge in [0.05, 0.1) is 6.04 Å². The van der Waals surface area contributed by atoms with E-state index < -0.39 is 0 Å². The lowest BCUT2D eigenvalue weighted by molar-refractivity contribution is 0.102. The Bertz CT molecular complexity index is 1080. The number of urea groups is 1. The van der Waals surface area contributed by atoms with E-state index in [1.165, 1.54) is 11.3 Å². The number of nitrogens with zero attached hydrogens (tertiary/aromatic N) is 3. The topological polar surface area (TPSA) is 87.2 Å². The van der Waals surface area contributed by atoms with Crippen LogP contribution in [0.15, 0.2) is 48.5 Å². The highest BCUT2D eigenvalue weighted by Gasteiger charge is 2.33. The number of amides is 3. The molecule has 2 heterocycles. The first-order valence-corrected chi connectivity index (χ1v) is 11.2. The van der Waals surface area contributed by atoms with Crippen LogP contribution >= 0.6 is 11.3 Å². The highest BCUT2D eigenvalue weighted by molar-refractivity contribution is 7.13. The third kappa shape index (κ3) is 4.74. The second-order valence-corrected chi connectivity index (χ2v) is 8.57. The van der Waals surface area contributed by atoms with Gasteiger partial charge in [-0.3, -0.25) is 4.79 Å². The zero-order valence-electron chi connectivity index (χ0n) is 17.6. The maximum absolute atomic E-state index is 13.0. The van der Waals surface area contributed by atoms with Gasteiger partial charge in [-0.15, -0.1) is 10.2 Å². The van der Waals surface area contributed by atoms with Gasteiger partial charge in [0.25, 0.3) is 5.91 Å². The van der Waals surface area contributed by atoms with Crippen molar-refractivity contribution < 1.29 is 9.59 Å². The lowest BCUT2D eigenvalue weighted by atomic mass is 10.1. The van der Waals surface area contributed by atoms with E-state index in [0.29, 0.717) is 22.2 Å². The highest BCUT2D eigenvalue weighted by atomic mass is 32.1. The molecule has 1 aliphatic heterocycles. The van der Waals surface area contributed by atoms with E-state index in [1.807, 2.05) is 55.5 Å². The van der Waals surface area contributed by atoms with Gasteiger partial charge in [0.15, 0.2) is 0 Å². The molecule has 1 fully saturated rings. The quantitative estimate of drug-likeness (QED) is 0.588. The number of aromatic nitrogens is 2. The Balaban J connectivity index is 1.45. The first-order chi connectivity index (χ1) is 15.0. The summed E-state index contributed by atoms with van der Waals surface area (Å²) in [5.41, 5.74) is 3.76. The van der Waals surface area contributed by atoms with Gasteiger partial charge in [-0.2, -0.15) is 0 Å². The van der Waals surface area contributed by atoms with Crippen LogP contribution in [0.1, 0.15) is 51.7 Å². The van der Waals surface area contributed by atoms with Crippen LogP contribution < -0.4 is 10.6 Å². The van der Waals surface area contributed by atoms with Gasteiger partial charge in [0, 0.05) is 17.9 Å². The Kier molecular flexibility index (Phi) is 6.27. The fraction of sp³-hybridized carbons (Fsp3) is 0.304. The van der Waals surface area contributed by atoms with Gasteiger partial charge in [0.2, 0.25) is 5.01 Å². The molecule has 4 rings (SSSR count). The predicted molar refractivity (Wildman–Crippen MR) is 123 cm³/mol. The van der Waals surface area contributed by atoms with E-state index in [0.717, 1.165) is 36.1 Å². The number of carbonyl (C=O) groups excluding carboxylic acids is 2. The number of anilines is 2. The van der Waals surface area contributed by atoms with E-state index in [4.69, 9.17) is 0 Å². The average molecular weight is 436 g/mol. The van der Waals surface area contributed by atoms with Crippen LogP contribution in [0.3, 0.4) is 0 Å². The molecule has 7 nitrogen and oxygen atoms in total. The van der Waals surface area contributed by atoms with E-state index in [1.54, 1.807) is 4.90 Å². The number of hydrogen-bond acceptors (Lipinski definition) is 5. The zero-order valence-corrected chi connectivity index (χ0v) is 18.4. The summed E-state index contributed by atoms with van der Waals surface area (Å²) in [5, 5.41) is 15.2. The lowest BCUT2D eigenvalue weighted by Crippen LogP contribution is -2.34. The summed E-state index contributed by atoms with van der Waals surface area (Å²) in [7, 11) is 0. The highest BCUT2D eigenvalue weighted by Crippen LogP contribution is 2.34. The van der Waals surface area contributed by atoms with E-state index in [2.05, 4.69) is 27.8 Å². The predicted octanol–water partition coefficient (Wildman–Crippen LogP) is 5.03. The number of nitrogens with one attached hydrogen (secondary N) is 2. The summed E-state index contributed by atoms with van der Waals surface area (Å²) in [5.74, 6) is -0.293. The Morgan fingerprint density at radius 2 is 1.87 bits per heavy atom. The van der Waals surface area contributed by atoms with Crippen LogP contribution in [0.2, 0.25) is 0 Å². The molecule has 0 saturated carbocycles. The summed E-state index contributed by atoms with van der Waals surface area (Å²) < 4.78 is 0. The van der Waals surface area contributed by atoms with Crippen LogP contribution in [0.5, 0.6) is 0 Å². The van der Waals surface area contributed by atoms with Gasteiger partial charge in [-0.1, -0.05) is 54.2 Å². The molecule has 1 atom stereocenters. The van der Waals surface area contributed by atoms with E-state index >= 15 is 0 Å². The molecule has 1 aromatic heterocycles. The van der Waals surface area contributed by atoms with Crippen molar-refractivity contribution in [3.63, 3.8) is 0 Å². The molecule has 8 heteroatoms. The monoisotopic (exact) mass is 435 g/mol. The number of carbonyl (C=O) groups is 2. The molecule has 3 amide bonds. The number of benzene rings is 2. The van der Waals surface area contributed by atoms with Gasteiger partial charge < -0.3 is 15.5 Å². The number of aryl methyl sites for hydroxylation is 2. The van der Waals surface area contributed by atoms with Crippen LogP contribution in [-0.4, -0.2) is 33.6 Å². The molecule has 1 aliphatic rings. The molecule has 0 unspecified atom stereocenters. The van der Waals surface area contributed by atoms with Crippen LogP contribution in [0, 0.1) is 6.92 Å². The van der Waals surface area contributed by atoms with Crippen LogP contribution in [0.4, 0.5) is 16.2 Å². The second kappa shape index (κ2) is 9.26. The smallest absolute Gasteiger partial charge is 0.320 e. The molecule has 0 bridgehead atoms. The summed E-state index contributed by atoms with van der Waals surface area (Å²) >= 11 is 1.24. The van der Waals surface area contributed by atoms with Crippen molar-refractivity contribution in [3.8, 4) is 0 Å². The van der Waals surface area contributed by atoms with Crippen LogP contribution in [-0.2, 0) is 6.42 Å². The Morgan fingerprint density at radius 3 is 2.65 bits per heavy atom. The number of para-hydroxylation sites is 1. The minimum atomic E-state index is -0.293. The summed E-state index contributed by atoms with van der Waals surface area (Å²) in [6, 6.07) is 15.1. The molecule has 0 radical (unpaired) electrons. The molecular formula is C23H25N5O2S. The van der Waals surface area contributed by atoms with Crippen molar-refractivity contribution in [3.05, 3.63) is 69.7 Å². The molecule has 31 heavy (non-hydrogen) atoms. The normalized spacial score (nSPS) is 15.7. The van der Waals surface area contributed by atoms with E-state index in [9.17, 15) is 9.59 Å². The largest absolute Gasteiger partial charge is 0.322 e. The molecule has 2 aromatic carbocycles. The van der Waals surface area contributed by atoms with Crippen molar-refractivity contribution in [2.45, 2.75) is 39.2 Å². The molecule has 0 spiro atoms. The standard InChI is InChI=1S/C23H25N5O2S/c1-3-16-7-4-5-8-18(16)25-23(30)28-14-6-9-19(28)21-26-27-22(31-21)20(29)24-17-12-10-15(2)11-13-17/h4-5,7-8,10-13,19H,3,6,9,14H2,1-2H3,(H,24,29)(H,25,30)/t19-/m1/s1. The van der Waals surface area contributed by atoms with Crippen molar-refractivity contribution in [2.75, 3.05) is 17.2 Å². The molecule has 160 valence electrons. The first kappa shape index (κ1) is 21.0. The zero-order chi connectivity index (χ0) is 21.8. The molecule has 3 aromatic rings. The summed E-state index contributed by atoms with van der Waals surface area (Å²) in [6.45, 7) is 4.70. The third-order valence-corrected chi connectivity index (χ3v) is 6.41. The Hall–Kier alpha value is -3.26. The fourth-order valence-electron chi connectivity index (χ4n) is 3.69. The Morgan fingerprint density at radius 1 is 1.10 bits per heavy atom. The van der Waals surface area contributed by atoms with Gasteiger partial charge in [-0.05, 0) is 49.9 Å². The number of rotatable bonds is 5. The van der Waals surface area contributed by atoms with Gasteiger partial charge in [0.1, 0.15) is 5.01 Å². The minimum Gasteiger partial charge on any atom is -0.320 e. The van der Waals surface area contributed by atoms with Crippen molar-refractivity contribution >= 4 is 34.6 Å². The van der Waals surface area contributed by atoms with Gasteiger partial charge >= 0.3 is 6.03 Å². The maximum Gasteiger partial charge on any atom is 0.322 e. The Labute approximate surface area is 185 Å². The minimum absolute atomic E-state index is 0.149. The van der Waals surface area contributed by atoms with E-state index in [-0.39, 0.29) is 18.0 Å². The molecular weight excluding hydrogens is 410 g/mol. The van der Waals surface area contributed by atoms with Crippen molar-refractivity contribution in [1.29, 1.82) is 0 Å². The van der Waals surface area contributed by atoms with Crippen molar-refractivity contribution in [1.82, 2.24) is 15.1 Å². The number of hydrogen-bond donors (Lipinski definition) is 2. The average Bonchev–Trinajstić information content (AvgIpc) is 3.45. The second-order valence-electron chi connectivity index (χ2n) is 7.56.